The first-order chi connectivity index (χ1) is 8.45. The molecule has 98 valence electrons. The van der Waals surface area contributed by atoms with E-state index in [9.17, 15) is 4.79 Å². The van der Waals surface area contributed by atoms with Crippen LogP contribution in [0.2, 0.25) is 0 Å². The average molecular weight is 247 g/mol. The Morgan fingerprint density at radius 3 is 2.56 bits per heavy atom. The molecule has 0 amide bonds. The third-order valence-corrected chi connectivity index (χ3v) is 3.05. The van der Waals surface area contributed by atoms with E-state index < -0.39 is 5.97 Å². The Morgan fingerprint density at radius 2 is 2.06 bits per heavy atom. The zero-order valence-corrected chi connectivity index (χ0v) is 11.4. The van der Waals surface area contributed by atoms with Crippen molar-refractivity contribution in [3.63, 3.8) is 0 Å². The quantitative estimate of drug-likeness (QED) is 0.786. The van der Waals surface area contributed by atoms with Crippen molar-refractivity contribution in [1.29, 1.82) is 0 Å². The summed E-state index contributed by atoms with van der Waals surface area (Å²) in [5, 5.41) is 11.8. The van der Waals surface area contributed by atoms with Crippen LogP contribution >= 0.6 is 0 Å². The Hall–Kier alpha value is -1.61. The lowest BCUT2D eigenvalue weighted by Gasteiger charge is -2.17. The zero-order valence-electron chi connectivity index (χ0n) is 11.4. The van der Waals surface area contributed by atoms with Crippen molar-refractivity contribution in [2.75, 3.05) is 7.05 Å². The predicted octanol–water partition coefficient (Wildman–Crippen LogP) is 3.02. The fourth-order valence-electron chi connectivity index (χ4n) is 1.89. The molecule has 0 radical (unpaired) electrons. The van der Waals surface area contributed by atoms with Crippen molar-refractivity contribution < 1.29 is 9.90 Å². The number of aryl methyl sites for hydroxylation is 1. The second-order valence-corrected chi connectivity index (χ2v) is 4.73. The molecular formula is C15H21NO2. The number of hydrogen-bond donors (Lipinski definition) is 2. The molecule has 0 heterocycles. The molecule has 1 atom stereocenters. The topological polar surface area (TPSA) is 49.3 Å². The first-order valence-electron chi connectivity index (χ1n) is 6.14. The molecule has 18 heavy (non-hydrogen) atoms. The van der Waals surface area contributed by atoms with Crippen LogP contribution in [0, 0.1) is 6.92 Å². The lowest BCUT2D eigenvalue weighted by molar-refractivity contribution is -0.131. The van der Waals surface area contributed by atoms with Crippen LogP contribution in [0.1, 0.15) is 42.5 Å². The fourth-order valence-corrected chi connectivity index (χ4v) is 1.89. The molecule has 0 saturated heterocycles. The third-order valence-electron chi connectivity index (χ3n) is 3.05. The summed E-state index contributed by atoms with van der Waals surface area (Å²) in [6, 6.07) is 6.29. The molecule has 0 bridgehead atoms. The Balaban J connectivity index is 3.11. The predicted molar refractivity (Wildman–Crippen MR) is 73.8 cm³/mol. The Morgan fingerprint density at radius 1 is 1.39 bits per heavy atom. The second kappa shape index (κ2) is 6.36. The van der Waals surface area contributed by atoms with Crippen LogP contribution in [0.15, 0.2) is 30.4 Å². The van der Waals surface area contributed by atoms with E-state index in [1.807, 2.05) is 14.0 Å². The smallest absolute Gasteiger partial charge is 0.328 e. The lowest BCUT2D eigenvalue weighted by Crippen LogP contribution is -2.16. The summed E-state index contributed by atoms with van der Waals surface area (Å²) in [5.74, 6) is -0.460. The van der Waals surface area contributed by atoms with Crippen LogP contribution in [0.4, 0.5) is 0 Å². The van der Waals surface area contributed by atoms with Gasteiger partial charge in [0, 0.05) is 6.08 Å². The van der Waals surface area contributed by atoms with Crippen LogP contribution in [0.3, 0.4) is 0 Å². The minimum atomic E-state index is -0.923. The van der Waals surface area contributed by atoms with Crippen LogP contribution in [0.5, 0.6) is 0 Å². The van der Waals surface area contributed by atoms with Crippen molar-refractivity contribution in [3.8, 4) is 0 Å². The third kappa shape index (κ3) is 3.70. The number of nitrogens with one attached hydrogen (secondary N) is 1. The van der Waals surface area contributed by atoms with Gasteiger partial charge in [0.15, 0.2) is 0 Å². The maximum absolute atomic E-state index is 10.6. The molecule has 0 aromatic heterocycles. The molecular weight excluding hydrogens is 226 g/mol. The molecule has 3 heteroatoms. The Labute approximate surface area is 109 Å². The SMILES string of the molecule is CNC(/C=C/C(=O)O)c1cc(C(C)C)ccc1C. The van der Waals surface area contributed by atoms with Crippen LogP contribution in [-0.4, -0.2) is 18.1 Å². The van der Waals surface area contributed by atoms with E-state index in [4.69, 9.17) is 5.11 Å². The number of carboxylic acid groups (broad SMARTS) is 1. The van der Waals surface area contributed by atoms with Gasteiger partial charge in [0.2, 0.25) is 0 Å². The van der Waals surface area contributed by atoms with Crippen LogP contribution < -0.4 is 5.32 Å². The number of benzene rings is 1. The average Bonchev–Trinajstić information content (AvgIpc) is 2.31. The molecule has 1 rings (SSSR count). The van der Waals surface area contributed by atoms with Gasteiger partial charge in [-0.25, -0.2) is 4.79 Å². The summed E-state index contributed by atoms with van der Waals surface area (Å²) < 4.78 is 0. The van der Waals surface area contributed by atoms with Crippen molar-refractivity contribution in [3.05, 3.63) is 47.0 Å². The van der Waals surface area contributed by atoms with E-state index in [0.717, 1.165) is 11.1 Å². The van der Waals surface area contributed by atoms with Crippen molar-refractivity contribution >= 4 is 5.97 Å². The molecule has 0 spiro atoms. The van der Waals surface area contributed by atoms with Gasteiger partial charge < -0.3 is 10.4 Å². The highest BCUT2D eigenvalue weighted by molar-refractivity contribution is 5.79. The first kappa shape index (κ1) is 14.5. The van der Waals surface area contributed by atoms with E-state index in [1.165, 1.54) is 11.6 Å². The van der Waals surface area contributed by atoms with E-state index in [0.29, 0.717) is 5.92 Å². The number of rotatable bonds is 5. The van der Waals surface area contributed by atoms with Crippen molar-refractivity contribution in [1.82, 2.24) is 5.32 Å². The minimum absolute atomic E-state index is 0.0696. The van der Waals surface area contributed by atoms with Gasteiger partial charge in [0.05, 0.1) is 6.04 Å². The van der Waals surface area contributed by atoms with Crippen LogP contribution in [-0.2, 0) is 4.79 Å². The molecule has 0 aliphatic rings. The number of carboxylic acids is 1. The van der Waals surface area contributed by atoms with Gasteiger partial charge in [-0.3, -0.25) is 0 Å². The molecule has 1 aromatic carbocycles. The minimum Gasteiger partial charge on any atom is -0.478 e. The van der Waals surface area contributed by atoms with Gasteiger partial charge in [-0.2, -0.15) is 0 Å². The summed E-state index contributed by atoms with van der Waals surface area (Å²) in [6.07, 6.45) is 2.86. The highest BCUT2D eigenvalue weighted by Gasteiger charge is 2.11. The summed E-state index contributed by atoms with van der Waals surface area (Å²) in [6.45, 7) is 6.34. The van der Waals surface area contributed by atoms with Gasteiger partial charge in [-0.1, -0.05) is 38.1 Å². The Bertz CT molecular complexity index is 450. The normalized spacial score (nSPS) is 13.2. The van der Waals surface area contributed by atoms with Crippen molar-refractivity contribution in [2.24, 2.45) is 0 Å². The van der Waals surface area contributed by atoms with Gasteiger partial charge in [-0.05, 0) is 36.6 Å². The lowest BCUT2D eigenvalue weighted by atomic mass is 9.94. The summed E-state index contributed by atoms with van der Waals surface area (Å²) in [4.78, 5) is 10.6. The van der Waals surface area contributed by atoms with Gasteiger partial charge in [0.25, 0.3) is 0 Å². The van der Waals surface area contributed by atoms with Crippen molar-refractivity contribution in [2.45, 2.75) is 32.7 Å². The number of hydrogen-bond acceptors (Lipinski definition) is 2. The number of carbonyl (C=O) groups is 1. The zero-order chi connectivity index (χ0) is 13.7. The maximum atomic E-state index is 10.6. The van der Waals surface area contributed by atoms with Gasteiger partial charge in [0.1, 0.15) is 0 Å². The van der Waals surface area contributed by atoms with Gasteiger partial charge in [-0.15, -0.1) is 0 Å². The largest absolute Gasteiger partial charge is 0.478 e. The Kier molecular flexibility index (Phi) is 5.10. The monoisotopic (exact) mass is 247 g/mol. The summed E-state index contributed by atoms with van der Waals surface area (Å²) >= 11 is 0. The van der Waals surface area contributed by atoms with Crippen LogP contribution in [0.25, 0.3) is 0 Å². The molecule has 3 nitrogen and oxygen atoms in total. The summed E-state index contributed by atoms with van der Waals surface area (Å²) in [7, 11) is 1.83. The van der Waals surface area contributed by atoms with E-state index in [-0.39, 0.29) is 6.04 Å². The van der Waals surface area contributed by atoms with E-state index in [1.54, 1.807) is 6.08 Å². The standard InChI is InChI=1S/C15H21NO2/c1-10(2)12-6-5-11(3)13(9-12)14(16-4)7-8-15(17)18/h5-10,14,16H,1-4H3,(H,17,18)/b8-7+. The molecule has 0 aliphatic heterocycles. The molecule has 0 aliphatic carbocycles. The number of likely N-dealkylation sites (N-methyl/N-ethyl adjacent to an activating group) is 1. The maximum Gasteiger partial charge on any atom is 0.328 e. The van der Waals surface area contributed by atoms with Gasteiger partial charge >= 0.3 is 5.97 Å². The summed E-state index contributed by atoms with van der Waals surface area (Å²) in [5.41, 5.74) is 3.55. The van der Waals surface area contributed by atoms with E-state index >= 15 is 0 Å². The fraction of sp³-hybridized carbons (Fsp3) is 0.400. The number of aliphatic carboxylic acids is 1. The molecule has 0 fully saturated rings. The molecule has 1 aromatic rings. The first-order valence-corrected chi connectivity index (χ1v) is 6.14. The molecule has 2 N–H and O–H groups in total. The highest BCUT2D eigenvalue weighted by atomic mass is 16.4. The second-order valence-electron chi connectivity index (χ2n) is 4.73. The highest BCUT2D eigenvalue weighted by Crippen LogP contribution is 2.24. The molecule has 0 saturated carbocycles. The van der Waals surface area contributed by atoms with E-state index in [2.05, 4.69) is 37.4 Å². The molecule has 1 unspecified atom stereocenters.